The number of aromatic amines is 1. The molecule has 1 aliphatic carbocycles. The third kappa shape index (κ3) is 6.54. The van der Waals surface area contributed by atoms with Crippen LogP contribution >= 0.6 is 24.0 Å². The quantitative estimate of drug-likeness (QED) is 0.287. The van der Waals surface area contributed by atoms with Crippen molar-refractivity contribution in [1.82, 2.24) is 20.8 Å². The molecule has 0 atom stereocenters. The molecule has 0 amide bonds. The predicted molar refractivity (Wildman–Crippen MR) is 103 cm³/mol. The Morgan fingerprint density at radius 2 is 2.14 bits per heavy atom. The Bertz CT molecular complexity index is 437. The summed E-state index contributed by atoms with van der Waals surface area (Å²) < 4.78 is 0. The molecule has 3 N–H and O–H groups in total. The summed E-state index contributed by atoms with van der Waals surface area (Å²) in [7, 11) is 0. The first-order chi connectivity index (χ1) is 10.3. The van der Waals surface area contributed by atoms with Crippen LogP contribution in [-0.2, 0) is 6.42 Å². The second-order valence-electron chi connectivity index (χ2n) is 5.86. The van der Waals surface area contributed by atoms with Crippen molar-refractivity contribution in [2.24, 2.45) is 4.99 Å². The lowest BCUT2D eigenvalue weighted by atomic mass is 9.96. The zero-order chi connectivity index (χ0) is 14.9. The number of H-pyrrole nitrogens is 1. The third-order valence-corrected chi connectivity index (χ3v) is 4.10. The summed E-state index contributed by atoms with van der Waals surface area (Å²) >= 11 is 0. The van der Waals surface area contributed by atoms with E-state index in [1.807, 2.05) is 6.20 Å². The van der Waals surface area contributed by atoms with E-state index in [1.54, 1.807) is 0 Å². The average Bonchev–Trinajstić information content (AvgIpc) is 2.90. The van der Waals surface area contributed by atoms with E-state index in [4.69, 9.17) is 4.99 Å². The largest absolute Gasteiger partial charge is 0.357 e. The van der Waals surface area contributed by atoms with Crippen LogP contribution in [0.25, 0.3) is 0 Å². The van der Waals surface area contributed by atoms with Crippen molar-refractivity contribution in [2.75, 3.05) is 13.1 Å². The fourth-order valence-corrected chi connectivity index (χ4v) is 2.85. The molecule has 0 bridgehead atoms. The topological polar surface area (TPSA) is 65.1 Å². The van der Waals surface area contributed by atoms with Crippen LogP contribution in [0.5, 0.6) is 0 Å². The Labute approximate surface area is 151 Å². The molecule has 22 heavy (non-hydrogen) atoms. The SMILES string of the molecule is CCNC(=NCCCc1cn[nH]c1C)NC1CCCCC1.I. The lowest BCUT2D eigenvalue weighted by Gasteiger charge is -2.24. The molecule has 1 aromatic heterocycles. The van der Waals surface area contributed by atoms with E-state index in [1.165, 1.54) is 43.4 Å². The van der Waals surface area contributed by atoms with Crippen LogP contribution in [0.3, 0.4) is 0 Å². The van der Waals surface area contributed by atoms with Crippen LogP contribution in [0.15, 0.2) is 11.2 Å². The van der Waals surface area contributed by atoms with Crippen molar-refractivity contribution in [1.29, 1.82) is 0 Å². The number of hydrogen-bond acceptors (Lipinski definition) is 2. The summed E-state index contributed by atoms with van der Waals surface area (Å²) in [5, 5.41) is 14.0. The van der Waals surface area contributed by atoms with Gasteiger partial charge >= 0.3 is 0 Å². The Morgan fingerprint density at radius 1 is 1.36 bits per heavy atom. The molecule has 1 heterocycles. The summed E-state index contributed by atoms with van der Waals surface area (Å²) in [6.45, 7) is 5.96. The zero-order valence-electron chi connectivity index (χ0n) is 13.8. The number of rotatable bonds is 6. The highest BCUT2D eigenvalue weighted by atomic mass is 127. The first kappa shape index (κ1) is 19.3. The average molecular weight is 419 g/mol. The fourth-order valence-electron chi connectivity index (χ4n) is 2.85. The molecular weight excluding hydrogens is 389 g/mol. The van der Waals surface area contributed by atoms with Gasteiger partial charge in [-0.15, -0.1) is 24.0 Å². The van der Waals surface area contributed by atoms with Crippen LogP contribution in [0.1, 0.15) is 56.7 Å². The van der Waals surface area contributed by atoms with Gasteiger partial charge in [0.25, 0.3) is 0 Å². The van der Waals surface area contributed by atoms with Gasteiger partial charge in [0, 0.05) is 24.8 Å². The van der Waals surface area contributed by atoms with Crippen LogP contribution in [0.2, 0.25) is 0 Å². The molecular formula is C16H30IN5. The highest BCUT2D eigenvalue weighted by Gasteiger charge is 2.14. The Kier molecular flexibility index (Phi) is 9.50. The van der Waals surface area contributed by atoms with Crippen LogP contribution in [-0.4, -0.2) is 35.3 Å². The number of hydrogen-bond donors (Lipinski definition) is 3. The van der Waals surface area contributed by atoms with E-state index < -0.39 is 0 Å². The van der Waals surface area contributed by atoms with E-state index in [0.29, 0.717) is 6.04 Å². The van der Waals surface area contributed by atoms with E-state index in [9.17, 15) is 0 Å². The number of guanidine groups is 1. The molecule has 5 nitrogen and oxygen atoms in total. The Morgan fingerprint density at radius 3 is 2.77 bits per heavy atom. The third-order valence-electron chi connectivity index (χ3n) is 4.10. The summed E-state index contributed by atoms with van der Waals surface area (Å²) in [4.78, 5) is 4.70. The highest BCUT2D eigenvalue weighted by Crippen LogP contribution is 2.17. The van der Waals surface area contributed by atoms with Gasteiger partial charge in [-0.2, -0.15) is 5.10 Å². The first-order valence-corrected chi connectivity index (χ1v) is 8.33. The molecule has 6 heteroatoms. The number of nitrogens with one attached hydrogen (secondary N) is 3. The molecule has 0 spiro atoms. The smallest absolute Gasteiger partial charge is 0.191 e. The van der Waals surface area contributed by atoms with Crippen molar-refractivity contribution in [2.45, 2.75) is 64.8 Å². The Balaban J connectivity index is 0.00000242. The maximum atomic E-state index is 4.70. The second-order valence-corrected chi connectivity index (χ2v) is 5.86. The zero-order valence-corrected chi connectivity index (χ0v) is 16.2. The van der Waals surface area contributed by atoms with Gasteiger partial charge in [0.15, 0.2) is 5.96 Å². The van der Waals surface area contributed by atoms with Crippen molar-refractivity contribution < 1.29 is 0 Å². The van der Waals surface area contributed by atoms with Crippen molar-refractivity contribution in [3.8, 4) is 0 Å². The molecule has 2 rings (SSSR count). The summed E-state index contributed by atoms with van der Waals surface area (Å²) in [5.41, 5.74) is 2.47. The van der Waals surface area contributed by atoms with E-state index in [2.05, 4.69) is 34.7 Å². The predicted octanol–water partition coefficient (Wildman–Crippen LogP) is 3.16. The normalized spacial score (nSPS) is 16.2. The van der Waals surface area contributed by atoms with E-state index in [-0.39, 0.29) is 24.0 Å². The van der Waals surface area contributed by atoms with Gasteiger partial charge in [0.05, 0.1) is 6.20 Å². The fraction of sp³-hybridized carbons (Fsp3) is 0.750. The number of nitrogens with zero attached hydrogens (tertiary/aromatic N) is 2. The van der Waals surface area contributed by atoms with Gasteiger partial charge in [-0.05, 0) is 45.1 Å². The minimum Gasteiger partial charge on any atom is -0.357 e. The number of halogens is 1. The van der Waals surface area contributed by atoms with Crippen LogP contribution in [0.4, 0.5) is 0 Å². The van der Waals surface area contributed by atoms with Crippen molar-refractivity contribution in [3.05, 3.63) is 17.5 Å². The Hall–Kier alpha value is -0.790. The highest BCUT2D eigenvalue weighted by molar-refractivity contribution is 14.0. The minimum absolute atomic E-state index is 0. The molecule has 0 aliphatic heterocycles. The van der Waals surface area contributed by atoms with E-state index in [0.717, 1.165) is 31.9 Å². The molecule has 1 saturated carbocycles. The summed E-state index contributed by atoms with van der Waals surface area (Å²) in [5.74, 6) is 0.980. The molecule has 126 valence electrons. The molecule has 0 aromatic carbocycles. The van der Waals surface area contributed by atoms with Crippen LogP contribution in [0, 0.1) is 6.92 Å². The van der Waals surface area contributed by atoms with Gasteiger partial charge in [0.2, 0.25) is 0 Å². The van der Waals surface area contributed by atoms with Gasteiger partial charge in [-0.3, -0.25) is 10.1 Å². The van der Waals surface area contributed by atoms with Crippen molar-refractivity contribution >= 4 is 29.9 Å². The molecule has 1 fully saturated rings. The van der Waals surface area contributed by atoms with Gasteiger partial charge in [0.1, 0.15) is 0 Å². The molecule has 0 saturated heterocycles. The van der Waals surface area contributed by atoms with Crippen molar-refractivity contribution in [3.63, 3.8) is 0 Å². The monoisotopic (exact) mass is 419 g/mol. The molecule has 1 aliphatic rings. The lowest BCUT2D eigenvalue weighted by molar-refractivity contribution is 0.410. The molecule has 0 unspecified atom stereocenters. The molecule has 0 radical (unpaired) electrons. The number of aromatic nitrogens is 2. The summed E-state index contributed by atoms with van der Waals surface area (Å²) in [6.07, 6.45) is 10.6. The maximum Gasteiger partial charge on any atom is 0.191 e. The number of aryl methyl sites for hydroxylation is 2. The first-order valence-electron chi connectivity index (χ1n) is 8.33. The van der Waals surface area contributed by atoms with Crippen LogP contribution < -0.4 is 10.6 Å². The second kappa shape index (κ2) is 10.9. The minimum atomic E-state index is 0. The van der Waals surface area contributed by atoms with Gasteiger partial charge in [-0.25, -0.2) is 0 Å². The maximum absolute atomic E-state index is 4.70. The standard InChI is InChI=1S/C16H29N5.HI/c1-3-17-16(20-15-9-5-4-6-10-15)18-11-7-8-14-12-19-21-13(14)2;/h12,15H,3-11H2,1-2H3,(H,19,21)(H2,17,18,20);1H. The van der Waals surface area contributed by atoms with Gasteiger partial charge < -0.3 is 10.6 Å². The number of aliphatic imine (C=N–C) groups is 1. The molecule has 1 aromatic rings. The summed E-state index contributed by atoms with van der Waals surface area (Å²) in [6, 6.07) is 0.604. The van der Waals surface area contributed by atoms with Gasteiger partial charge in [-0.1, -0.05) is 19.3 Å². The van der Waals surface area contributed by atoms with E-state index >= 15 is 0 Å². The lowest BCUT2D eigenvalue weighted by Crippen LogP contribution is -2.44.